The quantitative estimate of drug-likeness (QED) is 0.700. The monoisotopic (exact) mass is 435 g/mol. The van der Waals surface area contributed by atoms with Crippen molar-refractivity contribution in [1.29, 1.82) is 5.26 Å². The first-order valence-corrected chi connectivity index (χ1v) is 11.0. The topological polar surface area (TPSA) is 56.6 Å². The van der Waals surface area contributed by atoms with Gasteiger partial charge < -0.3 is 14.5 Å². The van der Waals surface area contributed by atoms with E-state index in [9.17, 15) is 18.0 Å². The lowest BCUT2D eigenvalue weighted by Crippen LogP contribution is -2.54. The van der Waals surface area contributed by atoms with Gasteiger partial charge in [0.1, 0.15) is 0 Å². The highest BCUT2D eigenvalue weighted by Crippen LogP contribution is 2.46. The van der Waals surface area contributed by atoms with Gasteiger partial charge in [-0.1, -0.05) is 6.42 Å². The predicted octanol–water partition coefficient (Wildman–Crippen LogP) is 4.07. The predicted molar refractivity (Wildman–Crippen MR) is 109 cm³/mol. The van der Waals surface area contributed by atoms with Gasteiger partial charge >= 0.3 is 6.18 Å². The highest BCUT2D eigenvalue weighted by Gasteiger charge is 2.51. The lowest BCUT2D eigenvalue weighted by Gasteiger charge is -2.45. The van der Waals surface area contributed by atoms with Crippen molar-refractivity contribution in [3.05, 3.63) is 29.3 Å². The number of amides is 1. The number of ether oxygens (including phenoxy) is 1. The maximum absolute atomic E-state index is 13.5. The number of nitrogens with zero attached hydrogens (tertiary/aromatic N) is 3. The summed E-state index contributed by atoms with van der Waals surface area (Å²) in [4.78, 5) is 16.8. The Bertz CT molecular complexity index is 878. The van der Waals surface area contributed by atoms with Crippen molar-refractivity contribution in [3.8, 4) is 6.07 Å². The first-order valence-electron chi connectivity index (χ1n) is 11.0. The molecule has 1 aliphatic carbocycles. The summed E-state index contributed by atoms with van der Waals surface area (Å²) >= 11 is 0. The molecule has 0 radical (unpaired) electrons. The van der Waals surface area contributed by atoms with Crippen LogP contribution in [0.15, 0.2) is 18.2 Å². The van der Waals surface area contributed by atoms with Crippen LogP contribution in [-0.4, -0.2) is 50.2 Å². The van der Waals surface area contributed by atoms with Gasteiger partial charge in [-0.25, -0.2) is 0 Å². The molecule has 2 saturated heterocycles. The summed E-state index contributed by atoms with van der Waals surface area (Å²) in [5.41, 5.74) is -1.09. The van der Waals surface area contributed by atoms with Crippen molar-refractivity contribution in [1.82, 2.24) is 4.90 Å². The van der Waals surface area contributed by atoms with Crippen LogP contribution >= 0.6 is 0 Å². The molecule has 2 aliphatic heterocycles. The first-order chi connectivity index (χ1) is 14.8. The average Bonchev–Trinajstić information content (AvgIpc) is 3.08. The minimum Gasteiger partial charge on any atom is -0.381 e. The Labute approximate surface area is 180 Å². The standard InChI is InChI=1S/C23H28F3N3O2/c1-2-31-15-22-13-28(21(30)16-4-3-5-16)9-8-18(22)12-29(14-22)19-7-6-17(11-27)20(10-19)23(24,25)26/h6-7,10,16,18H,2-5,8-9,12-15H2,1H3/t18-,22+/m0/s1. The van der Waals surface area contributed by atoms with Crippen LogP contribution < -0.4 is 4.90 Å². The summed E-state index contributed by atoms with van der Waals surface area (Å²) in [6, 6.07) is 5.57. The summed E-state index contributed by atoms with van der Waals surface area (Å²) in [6.45, 7) is 5.42. The molecule has 1 aromatic rings. The molecular formula is C23H28F3N3O2. The highest BCUT2D eigenvalue weighted by molar-refractivity contribution is 5.79. The molecule has 2 heterocycles. The van der Waals surface area contributed by atoms with Gasteiger partial charge in [0.25, 0.3) is 0 Å². The summed E-state index contributed by atoms with van der Waals surface area (Å²) in [5, 5.41) is 9.08. The molecule has 1 saturated carbocycles. The largest absolute Gasteiger partial charge is 0.417 e. The number of halogens is 3. The van der Waals surface area contributed by atoms with Crippen molar-refractivity contribution in [2.24, 2.45) is 17.3 Å². The third-order valence-electron chi connectivity index (χ3n) is 7.22. The van der Waals surface area contributed by atoms with Crippen molar-refractivity contribution >= 4 is 11.6 Å². The van der Waals surface area contributed by atoms with Gasteiger partial charge in [0.05, 0.1) is 23.8 Å². The van der Waals surface area contributed by atoms with Crippen LogP contribution in [0, 0.1) is 28.6 Å². The van der Waals surface area contributed by atoms with Crippen LogP contribution in [0.1, 0.15) is 43.7 Å². The van der Waals surface area contributed by atoms with Crippen molar-refractivity contribution < 1.29 is 22.7 Å². The van der Waals surface area contributed by atoms with E-state index >= 15 is 0 Å². The van der Waals surface area contributed by atoms with Gasteiger partial charge in [-0.2, -0.15) is 18.4 Å². The normalized spacial score (nSPS) is 26.4. The Morgan fingerprint density at radius 2 is 2.06 bits per heavy atom. The lowest BCUT2D eigenvalue weighted by molar-refractivity contribution is -0.144. The molecule has 3 fully saturated rings. The van der Waals surface area contributed by atoms with Crippen LogP contribution in [0.25, 0.3) is 0 Å². The molecule has 0 spiro atoms. The summed E-state index contributed by atoms with van der Waals surface area (Å²) in [6.07, 6.45) is -0.748. The first kappa shape index (κ1) is 21.9. The number of hydrogen-bond acceptors (Lipinski definition) is 4. The third-order valence-corrected chi connectivity index (χ3v) is 7.22. The minimum atomic E-state index is -4.58. The van der Waals surface area contributed by atoms with Gasteiger partial charge in [-0.3, -0.25) is 4.79 Å². The molecule has 0 N–H and O–H groups in total. The number of rotatable bonds is 5. The smallest absolute Gasteiger partial charge is 0.381 e. The molecule has 0 aromatic heterocycles. The molecule has 1 aromatic carbocycles. The molecule has 3 aliphatic rings. The van der Waals surface area contributed by atoms with Crippen LogP contribution in [0.3, 0.4) is 0 Å². The number of likely N-dealkylation sites (tertiary alicyclic amines) is 1. The lowest BCUT2D eigenvalue weighted by atomic mass is 9.73. The molecular weight excluding hydrogens is 407 g/mol. The number of carbonyl (C=O) groups excluding carboxylic acids is 1. The zero-order valence-electron chi connectivity index (χ0n) is 17.7. The molecule has 168 valence electrons. The van der Waals surface area contributed by atoms with Crippen molar-refractivity contribution in [2.75, 3.05) is 44.3 Å². The number of fused-ring (bicyclic) bond motifs is 1. The highest BCUT2D eigenvalue weighted by atomic mass is 19.4. The number of carbonyl (C=O) groups is 1. The number of nitriles is 1. The second-order valence-electron chi connectivity index (χ2n) is 9.09. The molecule has 8 heteroatoms. The van der Waals surface area contributed by atoms with Crippen LogP contribution in [0.5, 0.6) is 0 Å². The molecule has 4 rings (SSSR count). The fourth-order valence-electron chi connectivity index (χ4n) is 5.25. The van der Waals surface area contributed by atoms with Gasteiger partial charge in [-0.05, 0) is 50.3 Å². The van der Waals surface area contributed by atoms with E-state index in [1.807, 2.05) is 16.7 Å². The molecule has 0 unspecified atom stereocenters. The van der Waals surface area contributed by atoms with E-state index in [2.05, 4.69) is 0 Å². The van der Waals surface area contributed by atoms with Crippen LogP contribution in [-0.2, 0) is 15.7 Å². The SMILES string of the molecule is CCOC[C@]12CN(C(=O)C3CCC3)CC[C@H]1CN(c1ccc(C#N)c(C(F)(F)F)c1)C2. The Morgan fingerprint density at radius 3 is 2.68 bits per heavy atom. The third kappa shape index (κ3) is 4.12. The van der Waals surface area contributed by atoms with Gasteiger partial charge in [0.15, 0.2) is 0 Å². The number of hydrogen-bond donors (Lipinski definition) is 0. The fraction of sp³-hybridized carbons (Fsp3) is 0.652. The van der Waals surface area contributed by atoms with Crippen molar-refractivity contribution in [3.63, 3.8) is 0 Å². The number of alkyl halides is 3. The summed E-state index contributed by atoms with van der Waals surface area (Å²) in [7, 11) is 0. The zero-order valence-corrected chi connectivity index (χ0v) is 17.7. The Kier molecular flexibility index (Phi) is 5.91. The molecule has 1 amide bonds. The molecule has 2 atom stereocenters. The van der Waals surface area contributed by atoms with E-state index in [1.165, 1.54) is 6.07 Å². The van der Waals surface area contributed by atoms with E-state index in [1.54, 1.807) is 12.1 Å². The molecule has 5 nitrogen and oxygen atoms in total. The van der Waals surface area contributed by atoms with Gasteiger partial charge in [0, 0.05) is 49.8 Å². The fourth-order valence-corrected chi connectivity index (χ4v) is 5.25. The maximum Gasteiger partial charge on any atom is 0.417 e. The zero-order chi connectivity index (χ0) is 22.2. The van der Waals surface area contributed by atoms with E-state index in [4.69, 9.17) is 10.00 Å². The van der Waals surface area contributed by atoms with Gasteiger partial charge in [0.2, 0.25) is 5.91 Å². The van der Waals surface area contributed by atoms with E-state index in [0.29, 0.717) is 45.1 Å². The number of benzene rings is 1. The second-order valence-corrected chi connectivity index (χ2v) is 9.09. The van der Waals surface area contributed by atoms with Crippen LogP contribution in [0.4, 0.5) is 18.9 Å². The van der Waals surface area contributed by atoms with Crippen molar-refractivity contribution in [2.45, 2.75) is 38.8 Å². The minimum absolute atomic E-state index is 0.131. The maximum atomic E-state index is 13.5. The number of anilines is 1. The summed E-state index contributed by atoms with van der Waals surface area (Å²) in [5.74, 6) is 0.595. The molecule has 0 bridgehead atoms. The summed E-state index contributed by atoms with van der Waals surface area (Å²) < 4.78 is 46.2. The van der Waals surface area contributed by atoms with E-state index < -0.39 is 11.7 Å². The van der Waals surface area contributed by atoms with Gasteiger partial charge in [-0.15, -0.1) is 0 Å². The van der Waals surface area contributed by atoms with E-state index in [-0.39, 0.29) is 28.7 Å². The molecule has 31 heavy (non-hydrogen) atoms. The Hall–Kier alpha value is -2.27. The average molecular weight is 435 g/mol. The Morgan fingerprint density at radius 1 is 1.29 bits per heavy atom. The van der Waals surface area contributed by atoms with Crippen LogP contribution in [0.2, 0.25) is 0 Å². The number of piperidine rings is 1. The Balaban J connectivity index is 1.59. The van der Waals surface area contributed by atoms with E-state index in [0.717, 1.165) is 31.7 Å². The second kappa shape index (κ2) is 8.34.